The smallest absolute Gasteiger partial charge is 0.0626 e. The predicted molar refractivity (Wildman–Crippen MR) is 44.0 cm³/mol. The number of nitrogens with zero attached hydrogens (tertiary/aromatic N) is 1. The number of oxime groups is 1. The highest BCUT2D eigenvalue weighted by molar-refractivity contribution is 5.85. The molecule has 0 atom stereocenters. The maximum absolute atomic E-state index is 8.50. The van der Waals surface area contributed by atoms with E-state index in [1.807, 2.05) is 25.3 Å². The third-order valence-corrected chi connectivity index (χ3v) is 1.61. The van der Waals surface area contributed by atoms with Gasteiger partial charge in [0.1, 0.15) is 0 Å². The van der Waals surface area contributed by atoms with Gasteiger partial charge in [0.2, 0.25) is 0 Å². The number of nitrogens with one attached hydrogen (secondary N) is 1. The molecule has 0 spiro atoms. The van der Waals surface area contributed by atoms with E-state index in [2.05, 4.69) is 10.1 Å². The third-order valence-electron chi connectivity index (χ3n) is 1.61. The third kappa shape index (κ3) is 2.11. The van der Waals surface area contributed by atoms with Crippen LogP contribution >= 0.6 is 0 Å². The van der Waals surface area contributed by atoms with Crippen molar-refractivity contribution in [3.63, 3.8) is 0 Å². The summed E-state index contributed by atoms with van der Waals surface area (Å²) in [5.41, 5.74) is 1.88. The Labute approximate surface area is 65.7 Å². The molecule has 2 N–H and O–H groups in total. The fraction of sp³-hybridized carbons (Fsp3) is 0.375. The first-order valence-electron chi connectivity index (χ1n) is 3.69. The largest absolute Gasteiger partial charge is 0.411 e. The van der Waals surface area contributed by atoms with Crippen LogP contribution in [-0.4, -0.2) is 15.9 Å². The zero-order chi connectivity index (χ0) is 8.10. The summed E-state index contributed by atoms with van der Waals surface area (Å²) in [4.78, 5) is 3.04. The fourth-order valence-corrected chi connectivity index (χ4v) is 0.928. The Bertz CT molecular complexity index is 226. The van der Waals surface area contributed by atoms with Gasteiger partial charge in [-0.15, -0.1) is 0 Å². The SMILES string of the molecule is CCC(Cc1ccc[nH]1)=NO. The minimum Gasteiger partial charge on any atom is -0.411 e. The van der Waals surface area contributed by atoms with Gasteiger partial charge in [-0.1, -0.05) is 12.1 Å². The van der Waals surface area contributed by atoms with Crippen LogP contribution in [0.5, 0.6) is 0 Å². The summed E-state index contributed by atoms with van der Waals surface area (Å²) >= 11 is 0. The van der Waals surface area contributed by atoms with Crippen LogP contribution < -0.4 is 0 Å². The normalized spacial score (nSPS) is 11.9. The minimum absolute atomic E-state index is 0.708. The second-order valence-electron chi connectivity index (χ2n) is 2.39. The van der Waals surface area contributed by atoms with Crippen LogP contribution in [0.1, 0.15) is 19.0 Å². The molecular weight excluding hydrogens is 140 g/mol. The van der Waals surface area contributed by atoms with Crippen molar-refractivity contribution < 1.29 is 5.21 Å². The van der Waals surface area contributed by atoms with E-state index < -0.39 is 0 Å². The Morgan fingerprint density at radius 1 is 1.73 bits per heavy atom. The molecule has 0 aromatic carbocycles. The van der Waals surface area contributed by atoms with Crippen LogP contribution in [-0.2, 0) is 6.42 Å². The molecule has 0 amide bonds. The maximum Gasteiger partial charge on any atom is 0.0626 e. The number of H-pyrrole nitrogens is 1. The molecule has 0 unspecified atom stereocenters. The molecule has 1 aromatic rings. The molecule has 0 aliphatic carbocycles. The predicted octanol–water partition coefficient (Wildman–Crippen LogP) is 1.80. The van der Waals surface area contributed by atoms with Crippen molar-refractivity contribution in [3.05, 3.63) is 24.0 Å². The minimum atomic E-state index is 0.708. The summed E-state index contributed by atoms with van der Waals surface area (Å²) < 4.78 is 0. The Kier molecular flexibility index (Phi) is 2.72. The molecule has 3 nitrogen and oxygen atoms in total. The van der Waals surface area contributed by atoms with Crippen LogP contribution in [0.2, 0.25) is 0 Å². The Balaban J connectivity index is 2.55. The topological polar surface area (TPSA) is 48.4 Å². The van der Waals surface area contributed by atoms with Crippen molar-refractivity contribution in [1.29, 1.82) is 0 Å². The molecule has 3 heteroatoms. The summed E-state index contributed by atoms with van der Waals surface area (Å²) in [5.74, 6) is 0. The molecule has 11 heavy (non-hydrogen) atoms. The average Bonchev–Trinajstić information content (AvgIpc) is 2.52. The molecule has 0 radical (unpaired) electrons. The van der Waals surface area contributed by atoms with Gasteiger partial charge in [-0.2, -0.15) is 0 Å². The number of aromatic amines is 1. The quantitative estimate of drug-likeness (QED) is 0.387. The molecule has 0 saturated heterocycles. The summed E-state index contributed by atoms with van der Waals surface area (Å²) in [6.07, 6.45) is 3.36. The first-order valence-corrected chi connectivity index (χ1v) is 3.69. The fourth-order valence-electron chi connectivity index (χ4n) is 0.928. The van der Waals surface area contributed by atoms with Crippen LogP contribution in [0, 0.1) is 0 Å². The van der Waals surface area contributed by atoms with Gasteiger partial charge in [0, 0.05) is 18.3 Å². The zero-order valence-electron chi connectivity index (χ0n) is 6.54. The lowest BCUT2D eigenvalue weighted by atomic mass is 10.2. The van der Waals surface area contributed by atoms with Crippen molar-refractivity contribution in [2.45, 2.75) is 19.8 Å². The summed E-state index contributed by atoms with van der Waals surface area (Å²) in [7, 11) is 0. The van der Waals surface area contributed by atoms with Gasteiger partial charge in [0.05, 0.1) is 5.71 Å². The molecule has 1 aromatic heterocycles. The van der Waals surface area contributed by atoms with E-state index in [0.717, 1.165) is 17.8 Å². The zero-order valence-corrected chi connectivity index (χ0v) is 6.54. The van der Waals surface area contributed by atoms with E-state index in [0.29, 0.717) is 6.42 Å². The van der Waals surface area contributed by atoms with Gasteiger partial charge in [-0.3, -0.25) is 0 Å². The highest BCUT2D eigenvalue weighted by Gasteiger charge is 1.98. The van der Waals surface area contributed by atoms with Crippen LogP contribution in [0.3, 0.4) is 0 Å². The molecule has 0 aliphatic rings. The van der Waals surface area contributed by atoms with E-state index in [1.165, 1.54) is 0 Å². The van der Waals surface area contributed by atoms with Gasteiger partial charge in [-0.05, 0) is 18.6 Å². The Morgan fingerprint density at radius 3 is 3.00 bits per heavy atom. The molecule has 60 valence electrons. The molecular formula is C8H12N2O. The number of hydrogen-bond donors (Lipinski definition) is 2. The van der Waals surface area contributed by atoms with E-state index in [4.69, 9.17) is 5.21 Å². The standard InChI is InChI=1S/C8H12N2O/c1-2-7(10-11)6-8-4-3-5-9-8/h3-5,9,11H,2,6H2,1H3. The van der Waals surface area contributed by atoms with E-state index in [-0.39, 0.29) is 0 Å². The Morgan fingerprint density at radius 2 is 2.55 bits per heavy atom. The summed E-state index contributed by atoms with van der Waals surface area (Å²) in [6.45, 7) is 1.97. The molecule has 1 rings (SSSR count). The van der Waals surface area contributed by atoms with Gasteiger partial charge < -0.3 is 10.2 Å². The highest BCUT2D eigenvalue weighted by Crippen LogP contribution is 1.99. The average molecular weight is 152 g/mol. The van der Waals surface area contributed by atoms with Gasteiger partial charge in [0.25, 0.3) is 0 Å². The highest BCUT2D eigenvalue weighted by atomic mass is 16.4. The van der Waals surface area contributed by atoms with Gasteiger partial charge in [0.15, 0.2) is 0 Å². The number of aromatic nitrogens is 1. The molecule has 0 saturated carbocycles. The molecule has 0 aliphatic heterocycles. The summed E-state index contributed by atoms with van der Waals surface area (Å²) in [6, 6.07) is 3.90. The lowest BCUT2D eigenvalue weighted by Crippen LogP contribution is -2.01. The van der Waals surface area contributed by atoms with Crippen LogP contribution in [0.25, 0.3) is 0 Å². The van der Waals surface area contributed by atoms with Crippen molar-refractivity contribution in [2.24, 2.45) is 5.16 Å². The maximum atomic E-state index is 8.50. The second kappa shape index (κ2) is 3.81. The molecule has 0 bridgehead atoms. The van der Waals surface area contributed by atoms with Crippen molar-refractivity contribution in [1.82, 2.24) is 4.98 Å². The lowest BCUT2D eigenvalue weighted by Gasteiger charge is -1.97. The van der Waals surface area contributed by atoms with E-state index >= 15 is 0 Å². The Hall–Kier alpha value is -1.25. The molecule has 0 fully saturated rings. The van der Waals surface area contributed by atoms with Crippen molar-refractivity contribution in [3.8, 4) is 0 Å². The van der Waals surface area contributed by atoms with E-state index in [1.54, 1.807) is 0 Å². The van der Waals surface area contributed by atoms with Gasteiger partial charge in [-0.25, -0.2) is 0 Å². The van der Waals surface area contributed by atoms with E-state index in [9.17, 15) is 0 Å². The number of hydrogen-bond acceptors (Lipinski definition) is 2. The lowest BCUT2D eigenvalue weighted by molar-refractivity contribution is 0.316. The second-order valence-corrected chi connectivity index (χ2v) is 2.39. The number of rotatable bonds is 3. The van der Waals surface area contributed by atoms with Crippen molar-refractivity contribution in [2.75, 3.05) is 0 Å². The van der Waals surface area contributed by atoms with Crippen LogP contribution in [0.15, 0.2) is 23.5 Å². The first-order chi connectivity index (χ1) is 5.36. The first kappa shape index (κ1) is 7.85. The van der Waals surface area contributed by atoms with Crippen molar-refractivity contribution >= 4 is 5.71 Å². The molecule has 1 heterocycles. The van der Waals surface area contributed by atoms with Gasteiger partial charge >= 0.3 is 0 Å². The summed E-state index contributed by atoms with van der Waals surface area (Å²) in [5, 5.41) is 11.7. The monoisotopic (exact) mass is 152 g/mol. The van der Waals surface area contributed by atoms with Crippen LogP contribution in [0.4, 0.5) is 0 Å².